The third-order valence-electron chi connectivity index (χ3n) is 6.05. The first kappa shape index (κ1) is 20.3. The van der Waals surface area contributed by atoms with Crippen molar-refractivity contribution in [3.63, 3.8) is 0 Å². The fourth-order valence-electron chi connectivity index (χ4n) is 3.99. The fraction of sp³-hybridized carbons (Fsp3) is 0.727. The van der Waals surface area contributed by atoms with Crippen LogP contribution in [0.1, 0.15) is 58.4 Å². The molecule has 1 aromatic carbocycles. The quantitative estimate of drug-likeness (QED) is 0.608. The van der Waals surface area contributed by atoms with Crippen LogP contribution in [0.4, 0.5) is 5.69 Å². The highest BCUT2D eigenvalue weighted by Gasteiger charge is 2.37. The Balaban J connectivity index is 1.94. The molecule has 0 spiro atoms. The number of nitrogens with zero attached hydrogens (tertiary/aromatic N) is 1. The lowest BCUT2D eigenvalue weighted by molar-refractivity contribution is 0.109. The number of hydrogen-bond donors (Lipinski definition) is 1. The van der Waals surface area contributed by atoms with Crippen LogP contribution < -0.4 is 5.32 Å². The van der Waals surface area contributed by atoms with E-state index in [4.69, 9.17) is 4.74 Å². The lowest BCUT2D eigenvalue weighted by Crippen LogP contribution is -2.47. The van der Waals surface area contributed by atoms with Crippen molar-refractivity contribution in [1.29, 1.82) is 0 Å². The summed E-state index contributed by atoms with van der Waals surface area (Å²) in [6.07, 6.45) is 6.70. The number of methoxy groups -OCH3 is 1. The Morgan fingerprint density at radius 3 is 2.84 bits per heavy atom. The molecule has 1 N–H and O–H groups in total. The Bertz CT molecular complexity index is 505. The van der Waals surface area contributed by atoms with Gasteiger partial charge in [-0.1, -0.05) is 52.2 Å². The standard InChI is InChI=1S/C22H38N2O/c1-5-6-7-8-14-24-15-12-22(3,19(2)18-24)20-10-9-11-21(17-20)23-13-16-25-4/h9-11,17,19,23H,5-8,12-16,18H2,1-4H3. The van der Waals surface area contributed by atoms with Crippen LogP contribution in [-0.2, 0) is 10.2 Å². The molecule has 2 atom stereocenters. The van der Waals surface area contributed by atoms with Crippen LogP contribution in [0, 0.1) is 5.92 Å². The molecule has 25 heavy (non-hydrogen) atoms. The average Bonchev–Trinajstić information content (AvgIpc) is 2.62. The zero-order valence-corrected chi connectivity index (χ0v) is 16.8. The van der Waals surface area contributed by atoms with Crippen molar-refractivity contribution in [2.75, 3.05) is 45.2 Å². The van der Waals surface area contributed by atoms with E-state index in [0.29, 0.717) is 5.92 Å². The normalized spacial score (nSPS) is 24.4. The van der Waals surface area contributed by atoms with Gasteiger partial charge in [-0.2, -0.15) is 0 Å². The summed E-state index contributed by atoms with van der Waals surface area (Å²) in [6, 6.07) is 9.02. The summed E-state index contributed by atoms with van der Waals surface area (Å²) in [6.45, 7) is 12.5. The van der Waals surface area contributed by atoms with Gasteiger partial charge in [0.05, 0.1) is 6.61 Å². The Morgan fingerprint density at radius 1 is 1.28 bits per heavy atom. The second-order valence-electron chi connectivity index (χ2n) is 7.93. The zero-order valence-electron chi connectivity index (χ0n) is 16.8. The maximum absolute atomic E-state index is 5.14. The van der Waals surface area contributed by atoms with Crippen molar-refractivity contribution < 1.29 is 4.74 Å². The van der Waals surface area contributed by atoms with Crippen LogP contribution in [0.15, 0.2) is 24.3 Å². The van der Waals surface area contributed by atoms with Crippen LogP contribution in [-0.4, -0.2) is 44.8 Å². The van der Waals surface area contributed by atoms with Gasteiger partial charge in [-0.05, 0) is 55.0 Å². The van der Waals surface area contributed by atoms with E-state index in [9.17, 15) is 0 Å². The number of piperidine rings is 1. The zero-order chi connectivity index (χ0) is 18.1. The number of hydrogen-bond acceptors (Lipinski definition) is 3. The molecule has 142 valence electrons. The first-order chi connectivity index (χ1) is 12.1. The van der Waals surface area contributed by atoms with Crippen molar-refractivity contribution in [2.24, 2.45) is 5.92 Å². The largest absolute Gasteiger partial charge is 0.383 e. The Morgan fingerprint density at radius 2 is 2.12 bits per heavy atom. The molecule has 2 unspecified atom stereocenters. The van der Waals surface area contributed by atoms with Gasteiger partial charge in [0.1, 0.15) is 0 Å². The van der Waals surface area contributed by atoms with Crippen LogP contribution in [0.2, 0.25) is 0 Å². The topological polar surface area (TPSA) is 24.5 Å². The molecule has 1 aliphatic heterocycles. The van der Waals surface area contributed by atoms with Gasteiger partial charge in [-0.25, -0.2) is 0 Å². The minimum atomic E-state index is 0.277. The molecule has 0 amide bonds. The minimum Gasteiger partial charge on any atom is -0.383 e. The molecule has 1 heterocycles. The van der Waals surface area contributed by atoms with Gasteiger partial charge < -0.3 is 15.0 Å². The van der Waals surface area contributed by atoms with Crippen LogP contribution in [0.3, 0.4) is 0 Å². The predicted molar refractivity (Wildman–Crippen MR) is 109 cm³/mol. The summed E-state index contributed by atoms with van der Waals surface area (Å²) in [4.78, 5) is 2.68. The Kier molecular flexibility index (Phi) is 8.25. The predicted octanol–water partition coefficient (Wildman–Crippen LogP) is 4.92. The molecule has 1 fully saturated rings. The number of benzene rings is 1. The molecule has 1 saturated heterocycles. The molecule has 1 aliphatic rings. The molecule has 0 radical (unpaired) electrons. The molecular formula is C22H38N2O. The average molecular weight is 347 g/mol. The van der Waals surface area contributed by atoms with E-state index < -0.39 is 0 Å². The lowest BCUT2D eigenvalue weighted by Gasteiger charge is -2.45. The number of nitrogens with one attached hydrogen (secondary N) is 1. The third-order valence-corrected chi connectivity index (χ3v) is 6.05. The summed E-state index contributed by atoms with van der Waals surface area (Å²) in [5.41, 5.74) is 2.97. The van der Waals surface area contributed by atoms with Crippen LogP contribution in [0.25, 0.3) is 0 Å². The molecular weight excluding hydrogens is 308 g/mol. The van der Waals surface area contributed by atoms with Crippen molar-refractivity contribution in [3.05, 3.63) is 29.8 Å². The van der Waals surface area contributed by atoms with Crippen LogP contribution >= 0.6 is 0 Å². The van der Waals surface area contributed by atoms with Gasteiger partial charge in [-0.3, -0.25) is 0 Å². The lowest BCUT2D eigenvalue weighted by atomic mass is 9.68. The van der Waals surface area contributed by atoms with Gasteiger partial charge in [0.25, 0.3) is 0 Å². The third kappa shape index (κ3) is 5.72. The number of rotatable bonds is 10. The van der Waals surface area contributed by atoms with Gasteiger partial charge >= 0.3 is 0 Å². The molecule has 3 nitrogen and oxygen atoms in total. The number of unbranched alkanes of at least 4 members (excludes halogenated alkanes) is 3. The first-order valence-corrected chi connectivity index (χ1v) is 10.2. The minimum absolute atomic E-state index is 0.277. The summed E-state index contributed by atoms with van der Waals surface area (Å²) < 4.78 is 5.14. The highest BCUT2D eigenvalue weighted by atomic mass is 16.5. The first-order valence-electron chi connectivity index (χ1n) is 10.2. The highest BCUT2D eigenvalue weighted by molar-refractivity contribution is 5.48. The molecule has 3 heteroatoms. The van der Waals surface area contributed by atoms with Crippen LogP contribution in [0.5, 0.6) is 0 Å². The van der Waals surface area contributed by atoms with E-state index in [1.165, 1.54) is 63.0 Å². The monoisotopic (exact) mass is 346 g/mol. The second-order valence-corrected chi connectivity index (χ2v) is 7.93. The highest BCUT2D eigenvalue weighted by Crippen LogP contribution is 2.40. The van der Waals surface area contributed by atoms with Crippen molar-refractivity contribution >= 4 is 5.69 Å². The smallest absolute Gasteiger partial charge is 0.0635 e. The summed E-state index contributed by atoms with van der Waals surface area (Å²) in [5, 5.41) is 3.47. The number of ether oxygens (including phenoxy) is 1. The molecule has 1 aromatic rings. The van der Waals surface area contributed by atoms with E-state index in [1.807, 2.05) is 0 Å². The van der Waals surface area contributed by atoms with E-state index in [1.54, 1.807) is 7.11 Å². The summed E-state index contributed by atoms with van der Waals surface area (Å²) >= 11 is 0. The molecule has 0 aromatic heterocycles. The van der Waals surface area contributed by atoms with E-state index >= 15 is 0 Å². The van der Waals surface area contributed by atoms with E-state index in [-0.39, 0.29) is 5.41 Å². The van der Waals surface area contributed by atoms with E-state index in [0.717, 1.165) is 13.2 Å². The Hall–Kier alpha value is -1.06. The van der Waals surface area contributed by atoms with Crippen molar-refractivity contribution in [2.45, 2.75) is 58.3 Å². The van der Waals surface area contributed by atoms with Gasteiger partial charge in [0, 0.05) is 25.9 Å². The summed E-state index contributed by atoms with van der Waals surface area (Å²) in [7, 11) is 1.75. The Labute approximate surface area is 155 Å². The molecule has 0 saturated carbocycles. The van der Waals surface area contributed by atoms with Gasteiger partial charge in [0.15, 0.2) is 0 Å². The molecule has 0 bridgehead atoms. The maximum Gasteiger partial charge on any atom is 0.0635 e. The van der Waals surface area contributed by atoms with Gasteiger partial charge in [0.2, 0.25) is 0 Å². The number of likely N-dealkylation sites (tertiary alicyclic amines) is 1. The maximum atomic E-state index is 5.14. The SMILES string of the molecule is CCCCCCN1CCC(C)(c2cccc(NCCOC)c2)C(C)C1. The van der Waals surface area contributed by atoms with Gasteiger partial charge in [-0.15, -0.1) is 0 Å². The molecule has 0 aliphatic carbocycles. The van der Waals surface area contributed by atoms with E-state index in [2.05, 4.69) is 55.3 Å². The fourth-order valence-corrected chi connectivity index (χ4v) is 3.99. The van der Waals surface area contributed by atoms with Crippen molar-refractivity contribution in [1.82, 2.24) is 4.90 Å². The molecule has 2 rings (SSSR count). The second kappa shape index (κ2) is 10.2. The summed E-state index contributed by atoms with van der Waals surface area (Å²) in [5.74, 6) is 0.682. The number of anilines is 1. The van der Waals surface area contributed by atoms with Crippen molar-refractivity contribution in [3.8, 4) is 0 Å².